The molecule has 4 atom stereocenters. The van der Waals surface area contributed by atoms with Crippen molar-refractivity contribution in [3.8, 4) is 11.1 Å². The summed E-state index contributed by atoms with van der Waals surface area (Å²) in [6.07, 6.45) is 2.33. The van der Waals surface area contributed by atoms with E-state index in [-0.39, 0.29) is 30.6 Å². The molecule has 3 heterocycles. The van der Waals surface area contributed by atoms with E-state index in [0.29, 0.717) is 17.9 Å². The van der Waals surface area contributed by atoms with Crippen LogP contribution < -0.4 is 5.32 Å². The summed E-state index contributed by atoms with van der Waals surface area (Å²) >= 11 is 3.24. The fourth-order valence-corrected chi connectivity index (χ4v) is 7.31. The van der Waals surface area contributed by atoms with Crippen LogP contribution in [0.1, 0.15) is 56.9 Å². The number of nitrogens with one attached hydrogen (secondary N) is 1. The standard InChI is InChI=1S/C35H34N4O4S2/c1-22-31(21-44-35-39-38-23(2)45-35)42-34(43-32(22)26-13-11-24(20-40)12-14-26)29-9-4-8-28(17-29)27-7-3-6-25(16-27)18-37-33(41)30-10-5-15-36-19-30/h3-17,19,22,31-32,34,40H,18,20-21H2,1-2H3,(H,37,41). The molecule has 1 aliphatic rings. The quantitative estimate of drug-likeness (QED) is 0.159. The Morgan fingerprint density at radius 2 is 1.73 bits per heavy atom. The fraction of sp³-hybridized carbons (Fsp3) is 0.257. The van der Waals surface area contributed by atoms with E-state index in [2.05, 4.69) is 51.7 Å². The molecule has 5 aromatic rings. The van der Waals surface area contributed by atoms with Crippen LogP contribution in [-0.2, 0) is 22.6 Å². The highest BCUT2D eigenvalue weighted by atomic mass is 32.2. The number of aryl methyl sites for hydroxylation is 1. The summed E-state index contributed by atoms with van der Waals surface area (Å²) in [5.41, 5.74) is 6.41. The zero-order chi connectivity index (χ0) is 31.2. The molecule has 6 rings (SSSR count). The number of benzene rings is 3. The number of nitrogens with zero attached hydrogens (tertiary/aromatic N) is 3. The van der Waals surface area contributed by atoms with Crippen molar-refractivity contribution in [2.75, 3.05) is 5.75 Å². The molecule has 230 valence electrons. The Labute approximate surface area is 270 Å². The van der Waals surface area contributed by atoms with Gasteiger partial charge in [0.15, 0.2) is 10.6 Å². The molecular weight excluding hydrogens is 605 g/mol. The van der Waals surface area contributed by atoms with E-state index in [1.165, 1.54) is 0 Å². The van der Waals surface area contributed by atoms with Gasteiger partial charge in [-0.1, -0.05) is 90.7 Å². The average molecular weight is 639 g/mol. The van der Waals surface area contributed by atoms with Gasteiger partial charge >= 0.3 is 0 Å². The number of aliphatic hydroxyl groups excluding tert-OH is 1. The van der Waals surface area contributed by atoms with E-state index in [1.807, 2.05) is 55.5 Å². The number of aliphatic hydroxyl groups is 1. The molecule has 1 amide bonds. The maximum absolute atomic E-state index is 12.5. The van der Waals surface area contributed by atoms with Crippen molar-refractivity contribution in [2.24, 2.45) is 5.92 Å². The SMILES string of the molecule is Cc1nnc(SCC2OC(c3cccc(-c4cccc(CNC(=O)c5cccnc5)c4)c3)OC(c3ccc(CO)cc3)C2C)s1. The molecule has 2 aromatic heterocycles. The van der Waals surface area contributed by atoms with Gasteiger partial charge in [-0.3, -0.25) is 9.78 Å². The van der Waals surface area contributed by atoms with Gasteiger partial charge in [-0.15, -0.1) is 10.2 Å². The van der Waals surface area contributed by atoms with Gasteiger partial charge in [0.25, 0.3) is 5.91 Å². The fourth-order valence-electron chi connectivity index (χ4n) is 5.31. The second-order valence-corrected chi connectivity index (χ2v) is 13.4. The third-order valence-corrected chi connectivity index (χ3v) is 9.86. The molecule has 0 radical (unpaired) electrons. The molecule has 1 fully saturated rings. The highest BCUT2D eigenvalue weighted by Gasteiger charge is 2.38. The molecule has 45 heavy (non-hydrogen) atoms. The van der Waals surface area contributed by atoms with Crippen molar-refractivity contribution in [3.63, 3.8) is 0 Å². The van der Waals surface area contributed by atoms with E-state index < -0.39 is 6.29 Å². The number of hydrogen-bond donors (Lipinski definition) is 2. The predicted octanol–water partition coefficient (Wildman–Crippen LogP) is 6.91. The largest absolute Gasteiger partial charge is 0.392 e. The van der Waals surface area contributed by atoms with Gasteiger partial charge in [-0.25, -0.2) is 0 Å². The minimum absolute atomic E-state index is 0.00149. The first-order valence-corrected chi connectivity index (χ1v) is 16.6. The van der Waals surface area contributed by atoms with Crippen LogP contribution in [0.15, 0.2) is 102 Å². The predicted molar refractivity (Wildman–Crippen MR) is 176 cm³/mol. The second-order valence-electron chi connectivity index (χ2n) is 11.0. The lowest BCUT2D eigenvalue weighted by molar-refractivity contribution is -0.268. The molecule has 1 saturated heterocycles. The number of amides is 1. The third kappa shape index (κ3) is 7.66. The van der Waals surface area contributed by atoms with Gasteiger partial charge in [-0.2, -0.15) is 0 Å². The monoisotopic (exact) mass is 638 g/mol. The molecule has 0 saturated carbocycles. The van der Waals surface area contributed by atoms with Crippen molar-refractivity contribution in [1.29, 1.82) is 0 Å². The Hall–Kier alpha value is -3.93. The first-order valence-electron chi connectivity index (χ1n) is 14.8. The van der Waals surface area contributed by atoms with Crippen LogP contribution in [0.5, 0.6) is 0 Å². The van der Waals surface area contributed by atoms with Gasteiger partial charge in [0.05, 0.1) is 24.4 Å². The second kappa shape index (κ2) is 14.4. The van der Waals surface area contributed by atoms with Crippen LogP contribution in [-0.4, -0.2) is 38.1 Å². The molecule has 0 aliphatic carbocycles. The van der Waals surface area contributed by atoms with Gasteiger partial charge in [0.1, 0.15) is 5.01 Å². The van der Waals surface area contributed by atoms with Crippen molar-refractivity contribution >= 4 is 29.0 Å². The number of carbonyl (C=O) groups excluding carboxylic acids is 1. The molecule has 10 heteroatoms. The van der Waals surface area contributed by atoms with Crippen LogP contribution in [0, 0.1) is 12.8 Å². The van der Waals surface area contributed by atoms with E-state index in [9.17, 15) is 9.90 Å². The average Bonchev–Trinajstić information content (AvgIpc) is 3.52. The van der Waals surface area contributed by atoms with Crippen molar-refractivity contribution in [2.45, 2.75) is 49.8 Å². The molecule has 1 aliphatic heterocycles. The number of hydrogen-bond acceptors (Lipinski definition) is 9. The Bertz CT molecular complexity index is 1730. The zero-order valence-electron chi connectivity index (χ0n) is 25.0. The maximum atomic E-state index is 12.5. The molecule has 2 N–H and O–H groups in total. The highest BCUT2D eigenvalue weighted by Crippen LogP contribution is 2.43. The van der Waals surface area contributed by atoms with Crippen LogP contribution in [0.2, 0.25) is 0 Å². The topological polar surface area (TPSA) is 106 Å². The molecule has 3 aromatic carbocycles. The van der Waals surface area contributed by atoms with Gasteiger partial charge < -0.3 is 19.9 Å². The summed E-state index contributed by atoms with van der Waals surface area (Å²) in [4.78, 5) is 16.6. The zero-order valence-corrected chi connectivity index (χ0v) is 26.6. The number of thioether (sulfide) groups is 1. The van der Waals surface area contributed by atoms with E-state index in [1.54, 1.807) is 47.6 Å². The minimum atomic E-state index is -0.577. The molecule has 8 nitrogen and oxygen atoms in total. The summed E-state index contributed by atoms with van der Waals surface area (Å²) in [6.45, 7) is 4.52. The molecule has 4 unspecified atom stereocenters. The third-order valence-electron chi connectivity index (χ3n) is 7.80. The number of ether oxygens (including phenoxy) is 2. The summed E-state index contributed by atoms with van der Waals surface area (Å²) in [5, 5.41) is 21.9. The minimum Gasteiger partial charge on any atom is -0.392 e. The van der Waals surface area contributed by atoms with E-state index in [0.717, 1.165) is 42.7 Å². The van der Waals surface area contributed by atoms with Crippen molar-refractivity contribution < 1.29 is 19.4 Å². The summed E-state index contributed by atoms with van der Waals surface area (Å²) in [6, 6.07) is 27.8. The molecular formula is C35H34N4O4S2. The van der Waals surface area contributed by atoms with Gasteiger partial charge in [0, 0.05) is 36.2 Å². The normalized spacial score (nSPS) is 19.7. The number of rotatable bonds is 10. The first-order chi connectivity index (χ1) is 22.0. The Morgan fingerprint density at radius 1 is 0.933 bits per heavy atom. The van der Waals surface area contributed by atoms with Crippen LogP contribution in [0.25, 0.3) is 11.1 Å². The van der Waals surface area contributed by atoms with Crippen molar-refractivity contribution in [3.05, 3.63) is 130 Å². The summed E-state index contributed by atoms with van der Waals surface area (Å²) in [5.74, 6) is 0.628. The van der Waals surface area contributed by atoms with Gasteiger partial charge in [0.2, 0.25) is 0 Å². The lowest BCUT2D eigenvalue weighted by Gasteiger charge is -2.41. The Morgan fingerprint density at radius 3 is 2.47 bits per heavy atom. The Kier molecular flexibility index (Phi) is 9.97. The lowest BCUT2D eigenvalue weighted by Crippen LogP contribution is -2.38. The number of pyridine rings is 1. The highest BCUT2D eigenvalue weighted by molar-refractivity contribution is 8.01. The van der Waals surface area contributed by atoms with Crippen LogP contribution in [0.3, 0.4) is 0 Å². The van der Waals surface area contributed by atoms with Crippen LogP contribution >= 0.6 is 23.1 Å². The van der Waals surface area contributed by atoms with Crippen LogP contribution in [0.4, 0.5) is 0 Å². The van der Waals surface area contributed by atoms with E-state index >= 15 is 0 Å². The van der Waals surface area contributed by atoms with Crippen molar-refractivity contribution in [1.82, 2.24) is 20.5 Å². The number of carbonyl (C=O) groups is 1. The Balaban J connectivity index is 1.22. The van der Waals surface area contributed by atoms with Gasteiger partial charge in [-0.05, 0) is 59.0 Å². The van der Waals surface area contributed by atoms with E-state index in [4.69, 9.17) is 9.47 Å². The summed E-state index contributed by atoms with van der Waals surface area (Å²) < 4.78 is 14.3. The molecule has 0 spiro atoms. The first kappa shape index (κ1) is 31.1. The number of aromatic nitrogens is 3. The lowest BCUT2D eigenvalue weighted by atomic mass is 9.91. The maximum Gasteiger partial charge on any atom is 0.253 e. The smallest absolute Gasteiger partial charge is 0.253 e. The summed E-state index contributed by atoms with van der Waals surface area (Å²) in [7, 11) is 0. The molecule has 0 bridgehead atoms.